The lowest BCUT2D eigenvalue weighted by Gasteiger charge is -2.15. The summed E-state index contributed by atoms with van der Waals surface area (Å²) in [5.74, 6) is -0.827. The summed E-state index contributed by atoms with van der Waals surface area (Å²) >= 11 is 0. The van der Waals surface area contributed by atoms with Crippen molar-refractivity contribution in [3.63, 3.8) is 0 Å². The summed E-state index contributed by atoms with van der Waals surface area (Å²) < 4.78 is 30.5. The van der Waals surface area contributed by atoms with Crippen molar-refractivity contribution in [3.8, 4) is 5.75 Å². The molecule has 0 heterocycles. The van der Waals surface area contributed by atoms with Crippen molar-refractivity contribution < 1.29 is 27.9 Å². The van der Waals surface area contributed by atoms with Crippen molar-refractivity contribution >= 4 is 27.7 Å². The number of aliphatic carboxylic acids is 1. The third-order valence-corrected chi connectivity index (χ3v) is 4.89. The second-order valence-corrected chi connectivity index (χ2v) is 7.15. The van der Waals surface area contributed by atoms with E-state index in [2.05, 4.69) is 10.6 Å². The highest BCUT2D eigenvalue weighted by molar-refractivity contribution is 7.89. The van der Waals surface area contributed by atoms with E-state index in [9.17, 15) is 18.0 Å². The van der Waals surface area contributed by atoms with Gasteiger partial charge in [-0.1, -0.05) is 0 Å². The van der Waals surface area contributed by atoms with Crippen molar-refractivity contribution in [1.29, 1.82) is 0 Å². The zero-order valence-electron chi connectivity index (χ0n) is 13.7. The number of carboxylic acids is 1. The number of sulfonamides is 1. The topological polar surface area (TPSA) is 125 Å². The lowest BCUT2D eigenvalue weighted by Crippen LogP contribution is -2.29. The molecular weight excluding hydrogens is 338 g/mol. The largest absolute Gasteiger partial charge is 0.495 e. The average molecular weight is 359 g/mol. The predicted octanol–water partition coefficient (Wildman–Crippen LogP) is 0.932. The molecule has 0 aromatic heterocycles. The molecule has 0 saturated heterocycles. The Morgan fingerprint density at radius 1 is 1.29 bits per heavy atom. The Labute approximate surface area is 140 Å². The summed E-state index contributed by atoms with van der Waals surface area (Å²) in [5.41, 5.74) is 0.347. The second-order valence-electron chi connectivity index (χ2n) is 5.03. The van der Waals surface area contributed by atoms with E-state index in [1.807, 2.05) is 0 Å². The Kier molecular flexibility index (Phi) is 6.98. The van der Waals surface area contributed by atoms with E-state index < -0.39 is 22.0 Å². The van der Waals surface area contributed by atoms with Gasteiger partial charge < -0.3 is 20.5 Å². The van der Waals surface area contributed by atoms with Gasteiger partial charge in [0.2, 0.25) is 10.0 Å². The molecule has 24 heavy (non-hydrogen) atoms. The van der Waals surface area contributed by atoms with Crippen LogP contribution >= 0.6 is 0 Å². The first-order valence-electron chi connectivity index (χ1n) is 7.05. The van der Waals surface area contributed by atoms with Crippen LogP contribution in [0.5, 0.6) is 5.75 Å². The standard InChI is InChI=1S/C14H21N3O6S/c1-17(2)24(21,22)12-7-6-10(9-11(12)23-3)16-14(20)15-8-4-5-13(18)19/h6-7,9H,4-5,8H2,1-3H3,(H,18,19)(H2,15,16,20). The quantitative estimate of drug-likeness (QED) is 0.593. The zero-order chi connectivity index (χ0) is 18.3. The molecule has 0 aliphatic rings. The third kappa shape index (κ3) is 5.39. The highest BCUT2D eigenvalue weighted by atomic mass is 32.2. The minimum absolute atomic E-state index is 0.0117. The van der Waals surface area contributed by atoms with E-state index in [-0.39, 0.29) is 23.6 Å². The number of methoxy groups -OCH3 is 1. The maximum Gasteiger partial charge on any atom is 0.319 e. The lowest BCUT2D eigenvalue weighted by molar-refractivity contribution is -0.137. The molecule has 0 spiro atoms. The summed E-state index contributed by atoms with van der Waals surface area (Å²) in [6.07, 6.45) is 0.275. The molecule has 0 unspecified atom stereocenters. The van der Waals surface area contributed by atoms with Crippen LogP contribution in [0.3, 0.4) is 0 Å². The fourth-order valence-electron chi connectivity index (χ4n) is 1.77. The van der Waals surface area contributed by atoms with Crippen LogP contribution in [0.25, 0.3) is 0 Å². The molecule has 1 rings (SSSR count). The first kappa shape index (κ1) is 19.7. The molecule has 0 bridgehead atoms. The van der Waals surface area contributed by atoms with E-state index in [0.29, 0.717) is 12.1 Å². The van der Waals surface area contributed by atoms with E-state index >= 15 is 0 Å². The fourth-order valence-corrected chi connectivity index (χ4v) is 2.80. The number of rotatable bonds is 8. The molecule has 1 aromatic carbocycles. The summed E-state index contributed by atoms with van der Waals surface area (Å²) in [6.45, 7) is 0.211. The van der Waals surface area contributed by atoms with Crippen molar-refractivity contribution in [2.24, 2.45) is 0 Å². The van der Waals surface area contributed by atoms with Crippen LogP contribution in [0.1, 0.15) is 12.8 Å². The second kappa shape index (κ2) is 8.50. The lowest BCUT2D eigenvalue weighted by atomic mass is 10.3. The predicted molar refractivity (Wildman–Crippen MR) is 87.8 cm³/mol. The maximum atomic E-state index is 12.2. The van der Waals surface area contributed by atoms with Gasteiger partial charge in [0.25, 0.3) is 0 Å². The van der Waals surface area contributed by atoms with Gasteiger partial charge in [-0.3, -0.25) is 4.79 Å². The SMILES string of the molecule is COc1cc(NC(=O)NCCCC(=O)O)ccc1S(=O)(=O)N(C)C. The van der Waals surface area contributed by atoms with E-state index in [4.69, 9.17) is 9.84 Å². The minimum Gasteiger partial charge on any atom is -0.495 e. The number of anilines is 1. The molecule has 9 nitrogen and oxygen atoms in total. The van der Waals surface area contributed by atoms with Crippen molar-refractivity contribution in [3.05, 3.63) is 18.2 Å². The van der Waals surface area contributed by atoms with Crippen LogP contribution < -0.4 is 15.4 Å². The molecule has 0 aliphatic carbocycles. The molecular formula is C14H21N3O6S. The first-order valence-corrected chi connectivity index (χ1v) is 8.49. The Morgan fingerprint density at radius 3 is 2.50 bits per heavy atom. The number of benzene rings is 1. The van der Waals surface area contributed by atoms with Crippen LogP contribution in [-0.2, 0) is 14.8 Å². The van der Waals surface area contributed by atoms with Crippen LogP contribution in [0.4, 0.5) is 10.5 Å². The smallest absolute Gasteiger partial charge is 0.319 e. The Bertz CT molecular complexity index is 702. The normalized spacial score (nSPS) is 11.2. The van der Waals surface area contributed by atoms with E-state index in [1.54, 1.807) is 0 Å². The summed E-state index contributed by atoms with van der Waals surface area (Å²) in [7, 11) is 0.483. The third-order valence-electron chi connectivity index (χ3n) is 3.03. The van der Waals surface area contributed by atoms with Crippen molar-refractivity contribution in [2.75, 3.05) is 33.1 Å². The zero-order valence-corrected chi connectivity index (χ0v) is 14.5. The number of nitrogens with one attached hydrogen (secondary N) is 2. The summed E-state index contributed by atoms with van der Waals surface area (Å²) in [5, 5.41) is 13.5. The highest BCUT2D eigenvalue weighted by Crippen LogP contribution is 2.28. The van der Waals surface area contributed by atoms with Gasteiger partial charge in [-0.25, -0.2) is 17.5 Å². The Hall–Kier alpha value is -2.33. The number of carbonyl (C=O) groups is 2. The average Bonchev–Trinajstić information content (AvgIpc) is 2.50. The molecule has 0 atom stereocenters. The van der Waals surface area contributed by atoms with Crippen LogP contribution in [0.2, 0.25) is 0 Å². The number of nitrogens with zero attached hydrogens (tertiary/aromatic N) is 1. The molecule has 10 heteroatoms. The number of amides is 2. The van der Waals surface area contributed by atoms with Gasteiger partial charge in [0.1, 0.15) is 10.6 Å². The number of hydrogen-bond donors (Lipinski definition) is 3. The fraction of sp³-hybridized carbons (Fsp3) is 0.429. The van der Waals surface area contributed by atoms with Crippen molar-refractivity contribution in [1.82, 2.24) is 9.62 Å². The van der Waals surface area contributed by atoms with Crippen molar-refractivity contribution in [2.45, 2.75) is 17.7 Å². The molecule has 0 radical (unpaired) electrons. The number of hydrogen-bond acceptors (Lipinski definition) is 5. The van der Waals surface area contributed by atoms with Gasteiger partial charge in [-0.05, 0) is 18.6 Å². The van der Waals surface area contributed by atoms with E-state index in [0.717, 1.165) is 4.31 Å². The number of carboxylic acid groups (broad SMARTS) is 1. The van der Waals surface area contributed by atoms with Gasteiger partial charge in [-0.15, -0.1) is 0 Å². The molecule has 0 saturated carbocycles. The monoisotopic (exact) mass is 359 g/mol. The molecule has 2 amide bonds. The van der Waals surface area contributed by atoms with E-state index in [1.165, 1.54) is 39.4 Å². The number of ether oxygens (including phenoxy) is 1. The Morgan fingerprint density at radius 2 is 1.96 bits per heavy atom. The number of carbonyl (C=O) groups excluding carboxylic acids is 1. The molecule has 0 aliphatic heterocycles. The molecule has 0 fully saturated rings. The maximum absolute atomic E-state index is 12.2. The molecule has 3 N–H and O–H groups in total. The van der Waals surface area contributed by atoms with Gasteiger partial charge >= 0.3 is 12.0 Å². The van der Waals surface area contributed by atoms with Gasteiger partial charge in [0.05, 0.1) is 7.11 Å². The van der Waals surface area contributed by atoms with Crippen LogP contribution in [0.15, 0.2) is 23.1 Å². The van der Waals surface area contributed by atoms with Gasteiger partial charge in [-0.2, -0.15) is 0 Å². The van der Waals surface area contributed by atoms with Crippen LogP contribution in [-0.4, -0.2) is 57.6 Å². The molecule has 1 aromatic rings. The van der Waals surface area contributed by atoms with Crippen LogP contribution in [0, 0.1) is 0 Å². The molecule has 134 valence electrons. The highest BCUT2D eigenvalue weighted by Gasteiger charge is 2.22. The van der Waals surface area contributed by atoms with Gasteiger partial charge in [0.15, 0.2) is 0 Å². The first-order chi connectivity index (χ1) is 11.2. The van der Waals surface area contributed by atoms with Gasteiger partial charge in [0, 0.05) is 38.8 Å². The number of urea groups is 1. The Balaban J connectivity index is 2.78. The summed E-state index contributed by atoms with van der Waals surface area (Å²) in [6, 6.07) is 3.66. The minimum atomic E-state index is -3.67. The summed E-state index contributed by atoms with van der Waals surface area (Å²) in [4.78, 5) is 22.1.